The first-order valence-electron chi connectivity index (χ1n) is 5.58. The highest BCUT2D eigenvalue weighted by Gasteiger charge is 2.39. The Morgan fingerprint density at radius 2 is 1.25 bits per heavy atom. The molecule has 2 rings (SSSR count). The molecule has 0 heterocycles. The maximum atomic E-state index is 5.55. The van der Waals surface area contributed by atoms with E-state index in [1.807, 2.05) is 0 Å². The monoisotopic (exact) mass is 350 g/mol. The topological polar surface area (TPSA) is 18.5 Å². The van der Waals surface area contributed by atoms with Gasteiger partial charge in [-0.1, -0.05) is 12.8 Å². The maximum absolute atomic E-state index is 5.55. The largest absolute Gasteiger partial charge is 0.500 e. The van der Waals surface area contributed by atoms with Crippen LogP contribution in [0.25, 0.3) is 0 Å². The molecule has 0 aliphatic heterocycles. The summed E-state index contributed by atoms with van der Waals surface area (Å²) in [5.74, 6) is 3.09. The summed E-state index contributed by atoms with van der Waals surface area (Å²) in [6.45, 7) is 0. The molecule has 0 aromatic heterocycles. The van der Waals surface area contributed by atoms with Gasteiger partial charge in [0, 0.05) is 11.8 Å². The first-order valence-corrected chi connectivity index (χ1v) is 7.17. The van der Waals surface area contributed by atoms with Gasteiger partial charge in [-0.2, -0.15) is 0 Å². The molecule has 2 aliphatic rings. The van der Waals surface area contributed by atoms with Crippen LogP contribution >= 0.6 is 31.9 Å². The first-order chi connectivity index (χ1) is 7.70. The van der Waals surface area contributed by atoms with Crippen LogP contribution < -0.4 is 0 Å². The fourth-order valence-electron chi connectivity index (χ4n) is 2.78. The zero-order chi connectivity index (χ0) is 11.7. The molecule has 2 aliphatic carbocycles. The third-order valence-electron chi connectivity index (χ3n) is 3.50. The third-order valence-corrected chi connectivity index (χ3v) is 5.61. The number of allylic oxidation sites excluding steroid dienone is 4. The van der Waals surface area contributed by atoms with Crippen LogP contribution in [0.4, 0.5) is 0 Å². The predicted octanol–water partition coefficient (Wildman–Crippen LogP) is 4.31. The van der Waals surface area contributed by atoms with E-state index in [-0.39, 0.29) is 0 Å². The lowest BCUT2D eigenvalue weighted by molar-refractivity contribution is 0.129. The van der Waals surface area contributed by atoms with Gasteiger partial charge >= 0.3 is 0 Å². The Kier molecular flexibility index (Phi) is 4.01. The van der Waals surface area contributed by atoms with Gasteiger partial charge in [-0.05, 0) is 44.7 Å². The van der Waals surface area contributed by atoms with Crippen molar-refractivity contribution in [2.45, 2.75) is 25.7 Å². The summed E-state index contributed by atoms with van der Waals surface area (Å²) in [6.07, 6.45) is 4.94. The molecule has 90 valence electrons. The molecule has 0 aromatic carbocycles. The van der Waals surface area contributed by atoms with E-state index >= 15 is 0 Å². The minimum absolute atomic E-state index is 0.476. The van der Waals surface area contributed by atoms with Crippen molar-refractivity contribution in [3.63, 3.8) is 0 Å². The Balaban J connectivity index is 2.44. The Morgan fingerprint density at radius 1 is 0.875 bits per heavy atom. The molecule has 1 fully saturated rings. The number of rotatable bonds is 2. The second kappa shape index (κ2) is 5.13. The number of methoxy groups -OCH3 is 2. The van der Waals surface area contributed by atoms with E-state index in [9.17, 15) is 0 Å². The number of hydrogen-bond acceptors (Lipinski definition) is 2. The van der Waals surface area contributed by atoms with Crippen molar-refractivity contribution in [3.05, 3.63) is 20.5 Å². The van der Waals surface area contributed by atoms with Crippen LogP contribution in [0.15, 0.2) is 20.5 Å². The molecule has 16 heavy (non-hydrogen) atoms. The van der Waals surface area contributed by atoms with Crippen LogP contribution in [0.2, 0.25) is 0 Å². The van der Waals surface area contributed by atoms with E-state index in [2.05, 4.69) is 31.9 Å². The van der Waals surface area contributed by atoms with Gasteiger partial charge < -0.3 is 9.47 Å². The van der Waals surface area contributed by atoms with Crippen molar-refractivity contribution >= 4 is 31.9 Å². The summed E-state index contributed by atoms with van der Waals surface area (Å²) >= 11 is 7.19. The molecule has 0 aromatic rings. The minimum Gasteiger partial charge on any atom is -0.500 e. The Morgan fingerprint density at radius 3 is 1.56 bits per heavy atom. The van der Waals surface area contributed by atoms with Gasteiger partial charge in [0.25, 0.3) is 0 Å². The van der Waals surface area contributed by atoms with Crippen LogP contribution in [-0.2, 0) is 9.47 Å². The summed E-state index contributed by atoms with van der Waals surface area (Å²) in [4.78, 5) is 0. The third kappa shape index (κ3) is 1.94. The molecule has 2 atom stereocenters. The van der Waals surface area contributed by atoms with Crippen LogP contribution in [-0.4, -0.2) is 14.2 Å². The van der Waals surface area contributed by atoms with Crippen molar-refractivity contribution in [2.75, 3.05) is 14.2 Å². The minimum atomic E-state index is 0.476. The molecule has 2 nitrogen and oxygen atoms in total. The normalized spacial score (nSPS) is 30.2. The highest BCUT2D eigenvalue weighted by atomic mass is 79.9. The van der Waals surface area contributed by atoms with E-state index < -0.39 is 0 Å². The van der Waals surface area contributed by atoms with Crippen LogP contribution in [0, 0.1) is 11.8 Å². The van der Waals surface area contributed by atoms with Crippen molar-refractivity contribution in [1.29, 1.82) is 0 Å². The van der Waals surface area contributed by atoms with E-state index in [1.165, 1.54) is 25.7 Å². The van der Waals surface area contributed by atoms with E-state index in [0.29, 0.717) is 11.8 Å². The maximum Gasteiger partial charge on any atom is 0.115 e. The lowest BCUT2D eigenvalue weighted by Crippen LogP contribution is -2.28. The van der Waals surface area contributed by atoms with Crippen molar-refractivity contribution in [1.82, 2.24) is 0 Å². The molecule has 0 spiro atoms. The average Bonchev–Trinajstić information content (AvgIpc) is 2.31. The first kappa shape index (κ1) is 12.5. The van der Waals surface area contributed by atoms with Gasteiger partial charge in [-0.15, -0.1) is 0 Å². The Bertz CT molecular complexity index is 313. The zero-order valence-electron chi connectivity index (χ0n) is 9.56. The molecule has 0 bridgehead atoms. The number of halogens is 2. The van der Waals surface area contributed by atoms with Gasteiger partial charge in [0.05, 0.1) is 23.2 Å². The number of hydrogen-bond donors (Lipinski definition) is 0. The number of ether oxygens (including phenoxy) is 2. The lowest BCUT2D eigenvalue weighted by Gasteiger charge is -2.37. The highest BCUT2D eigenvalue weighted by molar-refractivity contribution is 9.15. The molecule has 1 saturated carbocycles. The van der Waals surface area contributed by atoms with Crippen LogP contribution in [0.5, 0.6) is 0 Å². The standard InChI is InChI=1S/C12H16Br2O2/c1-15-11-7-5-3-4-6-8(7)12(16-2)10(14)9(11)13/h7-8H,3-6H2,1-2H3. The molecular formula is C12H16Br2O2. The second-order valence-electron chi connectivity index (χ2n) is 4.26. The summed E-state index contributed by atoms with van der Waals surface area (Å²) in [5, 5.41) is 0. The van der Waals surface area contributed by atoms with Crippen molar-refractivity contribution in [2.24, 2.45) is 11.8 Å². The fraction of sp³-hybridized carbons (Fsp3) is 0.667. The van der Waals surface area contributed by atoms with Crippen molar-refractivity contribution < 1.29 is 9.47 Å². The molecule has 0 N–H and O–H groups in total. The van der Waals surface area contributed by atoms with Gasteiger partial charge in [-0.3, -0.25) is 0 Å². The SMILES string of the molecule is COC1=C(Br)C(Br)=C(OC)C2CCCCC12. The lowest BCUT2D eigenvalue weighted by atomic mass is 9.75. The van der Waals surface area contributed by atoms with Crippen molar-refractivity contribution in [3.8, 4) is 0 Å². The van der Waals surface area contributed by atoms with Gasteiger partial charge in [-0.25, -0.2) is 0 Å². The van der Waals surface area contributed by atoms with Crippen LogP contribution in [0.1, 0.15) is 25.7 Å². The van der Waals surface area contributed by atoms with Crippen LogP contribution in [0.3, 0.4) is 0 Å². The molecule has 0 radical (unpaired) electrons. The summed E-state index contributed by atoms with van der Waals surface area (Å²) in [7, 11) is 3.50. The summed E-state index contributed by atoms with van der Waals surface area (Å²) in [6, 6.07) is 0. The highest BCUT2D eigenvalue weighted by Crippen LogP contribution is 2.49. The number of fused-ring (bicyclic) bond motifs is 1. The molecule has 2 unspecified atom stereocenters. The molecule has 0 amide bonds. The van der Waals surface area contributed by atoms with E-state index in [0.717, 1.165) is 20.5 Å². The predicted molar refractivity (Wildman–Crippen MR) is 71.4 cm³/mol. The zero-order valence-corrected chi connectivity index (χ0v) is 12.7. The summed E-state index contributed by atoms with van der Waals surface area (Å²) < 4.78 is 13.1. The van der Waals surface area contributed by atoms with Gasteiger partial charge in [0.15, 0.2) is 0 Å². The fourth-order valence-corrected chi connectivity index (χ4v) is 4.08. The molecule has 4 heteroatoms. The quantitative estimate of drug-likeness (QED) is 0.737. The van der Waals surface area contributed by atoms with E-state index in [1.54, 1.807) is 14.2 Å². The molecule has 0 saturated heterocycles. The van der Waals surface area contributed by atoms with E-state index in [4.69, 9.17) is 9.47 Å². The second-order valence-corrected chi connectivity index (χ2v) is 5.85. The Labute approximate surface area is 113 Å². The smallest absolute Gasteiger partial charge is 0.115 e. The van der Waals surface area contributed by atoms with Gasteiger partial charge in [0.2, 0.25) is 0 Å². The Hall–Kier alpha value is 0.0400. The summed E-state index contributed by atoms with van der Waals surface area (Å²) in [5.41, 5.74) is 0. The molecular weight excluding hydrogens is 336 g/mol. The van der Waals surface area contributed by atoms with Gasteiger partial charge in [0.1, 0.15) is 11.5 Å². The average molecular weight is 352 g/mol.